The zero-order valence-corrected chi connectivity index (χ0v) is 17.0. The molecule has 2 aromatic rings. The first-order chi connectivity index (χ1) is 14.0. The third-order valence-corrected chi connectivity index (χ3v) is 6.16. The van der Waals surface area contributed by atoms with Crippen LogP contribution in [0.5, 0.6) is 11.5 Å². The molecule has 0 amide bonds. The van der Waals surface area contributed by atoms with Crippen molar-refractivity contribution in [2.24, 2.45) is 5.92 Å². The smallest absolute Gasteiger partial charge is 0.200 e. The second-order valence-corrected chi connectivity index (χ2v) is 8.08. The number of nitrogens with zero attached hydrogens (tertiary/aromatic N) is 2. The maximum atomic E-state index is 15.7. The lowest BCUT2D eigenvalue weighted by molar-refractivity contribution is 0.0586. The highest BCUT2D eigenvalue weighted by Crippen LogP contribution is 2.43. The molecule has 0 saturated carbocycles. The molecule has 2 aliphatic rings. The first kappa shape index (κ1) is 19.8. The van der Waals surface area contributed by atoms with Crippen molar-refractivity contribution in [3.8, 4) is 11.5 Å². The van der Waals surface area contributed by atoms with Gasteiger partial charge in [0.2, 0.25) is 5.78 Å². The molecule has 0 bridgehead atoms. The highest BCUT2D eigenvalue weighted by atomic mass is 19.1. The minimum absolute atomic E-state index is 0.121. The Labute approximate surface area is 170 Å². The summed E-state index contributed by atoms with van der Waals surface area (Å²) in [4.78, 5) is 19.6. The number of rotatable bonds is 6. The number of aromatic nitrogens is 1. The molecule has 29 heavy (non-hydrogen) atoms. The topological polar surface area (TPSA) is 51.7 Å². The number of methoxy groups -OCH3 is 2. The van der Waals surface area contributed by atoms with Gasteiger partial charge in [-0.1, -0.05) is 6.07 Å². The van der Waals surface area contributed by atoms with E-state index < -0.39 is 11.5 Å². The monoisotopic (exact) mass is 398 g/mol. The first-order valence-corrected chi connectivity index (χ1v) is 10.1. The highest BCUT2D eigenvalue weighted by Gasteiger charge is 2.48. The van der Waals surface area contributed by atoms with E-state index in [2.05, 4.69) is 9.88 Å². The number of hydrogen-bond acceptors (Lipinski definition) is 5. The zero-order valence-electron chi connectivity index (χ0n) is 17.0. The number of ketones is 1. The van der Waals surface area contributed by atoms with Crippen LogP contribution in [0.25, 0.3) is 0 Å². The molecule has 5 nitrogen and oxygen atoms in total. The number of Topliss-reactive ketones (excluding diaryl/α,β-unsaturated/α-hetero) is 1. The van der Waals surface area contributed by atoms with Crippen LogP contribution in [-0.2, 0) is 13.0 Å². The molecule has 1 fully saturated rings. The summed E-state index contributed by atoms with van der Waals surface area (Å²) in [7, 11) is 3.06. The average Bonchev–Trinajstić information content (AvgIpc) is 2.98. The van der Waals surface area contributed by atoms with E-state index in [0.29, 0.717) is 22.6 Å². The summed E-state index contributed by atoms with van der Waals surface area (Å²) < 4.78 is 26.3. The minimum Gasteiger partial charge on any atom is -0.493 e. The van der Waals surface area contributed by atoms with E-state index in [1.807, 2.05) is 24.4 Å². The summed E-state index contributed by atoms with van der Waals surface area (Å²) in [5, 5.41) is 0. The second-order valence-electron chi connectivity index (χ2n) is 8.08. The van der Waals surface area contributed by atoms with Gasteiger partial charge < -0.3 is 9.47 Å². The number of fused-ring (bicyclic) bond motifs is 1. The van der Waals surface area contributed by atoms with Gasteiger partial charge in [-0.15, -0.1) is 0 Å². The summed E-state index contributed by atoms with van der Waals surface area (Å²) >= 11 is 0. The summed E-state index contributed by atoms with van der Waals surface area (Å²) in [5.74, 6) is 0.796. The summed E-state index contributed by atoms with van der Waals surface area (Å²) in [5.41, 5.74) is 0.366. The largest absolute Gasteiger partial charge is 0.493 e. The van der Waals surface area contributed by atoms with E-state index in [1.165, 1.54) is 7.11 Å². The van der Waals surface area contributed by atoms with Gasteiger partial charge in [-0.05, 0) is 68.1 Å². The normalized spacial score (nSPS) is 22.5. The molecule has 2 heterocycles. The quantitative estimate of drug-likeness (QED) is 0.740. The van der Waals surface area contributed by atoms with Crippen LogP contribution < -0.4 is 9.47 Å². The number of carbonyl (C=O) groups is 1. The van der Waals surface area contributed by atoms with Gasteiger partial charge >= 0.3 is 0 Å². The Morgan fingerprint density at radius 2 is 1.90 bits per heavy atom. The van der Waals surface area contributed by atoms with Crippen LogP contribution in [-0.4, -0.2) is 48.6 Å². The van der Waals surface area contributed by atoms with Gasteiger partial charge in [0, 0.05) is 24.7 Å². The Hall–Kier alpha value is -2.47. The second kappa shape index (κ2) is 8.11. The van der Waals surface area contributed by atoms with Gasteiger partial charge in [-0.2, -0.15) is 0 Å². The van der Waals surface area contributed by atoms with Crippen LogP contribution in [0.4, 0.5) is 4.39 Å². The molecule has 1 aliphatic heterocycles. The molecule has 1 saturated heterocycles. The van der Waals surface area contributed by atoms with Crippen molar-refractivity contribution >= 4 is 5.78 Å². The van der Waals surface area contributed by atoms with Crippen molar-refractivity contribution < 1.29 is 18.7 Å². The Morgan fingerprint density at radius 3 is 2.55 bits per heavy atom. The predicted molar refractivity (Wildman–Crippen MR) is 108 cm³/mol. The maximum absolute atomic E-state index is 15.7. The molecule has 0 N–H and O–H groups in total. The standard InChI is InChI=1S/C23H27FN2O3/c1-28-20-11-17-14-23(24,22(27)19(17)12-21(20)29-2)13-16-6-9-26(10-7-16)15-18-5-3-4-8-25-18/h3-5,8,11-12,16H,6-7,9-10,13-15H2,1-2H3. The predicted octanol–water partition coefficient (Wildman–Crippen LogP) is 3.85. The summed E-state index contributed by atoms with van der Waals surface area (Å²) in [6.07, 6.45) is 4.00. The number of carbonyl (C=O) groups excluding carboxylic acids is 1. The van der Waals surface area contributed by atoms with Crippen LogP contribution >= 0.6 is 0 Å². The Bertz CT molecular complexity index is 881. The fraction of sp³-hybridized carbons (Fsp3) is 0.478. The Morgan fingerprint density at radius 1 is 1.17 bits per heavy atom. The molecule has 1 aliphatic carbocycles. The molecule has 154 valence electrons. The van der Waals surface area contributed by atoms with Gasteiger partial charge in [-0.3, -0.25) is 14.7 Å². The lowest BCUT2D eigenvalue weighted by atomic mass is 9.83. The number of halogens is 1. The van der Waals surface area contributed by atoms with E-state index in [1.54, 1.807) is 19.2 Å². The van der Waals surface area contributed by atoms with Crippen LogP contribution in [0.1, 0.15) is 40.9 Å². The van der Waals surface area contributed by atoms with E-state index in [0.717, 1.165) is 38.2 Å². The van der Waals surface area contributed by atoms with E-state index in [9.17, 15) is 4.79 Å². The molecule has 1 atom stereocenters. The molecule has 0 radical (unpaired) electrons. The van der Waals surface area contributed by atoms with Crippen LogP contribution in [0.2, 0.25) is 0 Å². The van der Waals surface area contributed by atoms with Crippen molar-refractivity contribution in [2.75, 3.05) is 27.3 Å². The van der Waals surface area contributed by atoms with Crippen molar-refractivity contribution in [1.82, 2.24) is 9.88 Å². The fourth-order valence-corrected chi connectivity index (χ4v) is 4.59. The fourth-order valence-electron chi connectivity index (χ4n) is 4.59. The van der Waals surface area contributed by atoms with Crippen molar-refractivity contribution in [1.29, 1.82) is 0 Å². The van der Waals surface area contributed by atoms with Crippen molar-refractivity contribution in [3.63, 3.8) is 0 Å². The third kappa shape index (κ3) is 3.99. The van der Waals surface area contributed by atoms with E-state index >= 15 is 4.39 Å². The van der Waals surface area contributed by atoms with Gasteiger partial charge in [-0.25, -0.2) is 4.39 Å². The number of piperidine rings is 1. The van der Waals surface area contributed by atoms with Gasteiger partial charge in [0.25, 0.3) is 0 Å². The number of pyridine rings is 1. The van der Waals surface area contributed by atoms with Gasteiger partial charge in [0.05, 0.1) is 19.9 Å². The zero-order chi connectivity index (χ0) is 20.4. The molecule has 1 aromatic carbocycles. The molecular weight excluding hydrogens is 371 g/mol. The van der Waals surface area contributed by atoms with E-state index in [4.69, 9.17) is 9.47 Å². The Balaban J connectivity index is 1.39. The number of likely N-dealkylation sites (tertiary alicyclic amines) is 1. The highest BCUT2D eigenvalue weighted by molar-refractivity contribution is 6.07. The summed E-state index contributed by atoms with van der Waals surface area (Å²) in [6.45, 7) is 2.62. The van der Waals surface area contributed by atoms with Crippen molar-refractivity contribution in [3.05, 3.63) is 53.3 Å². The van der Waals surface area contributed by atoms with Crippen LogP contribution in [0, 0.1) is 5.92 Å². The maximum Gasteiger partial charge on any atom is 0.200 e. The molecular formula is C23H27FN2O3. The number of hydrogen-bond donors (Lipinski definition) is 0. The number of ether oxygens (including phenoxy) is 2. The van der Waals surface area contributed by atoms with E-state index in [-0.39, 0.29) is 18.8 Å². The SMILES string of the molecule is COc1cc2c(cc1OC)C(=O)C(F)(CC1CCN(Cc3ccccn3)CC1)C2. The third-order valence-electron chi connectivity index (χ3n) is 6.16. The van der Waals surface area contributed by atoms with Crippen LogP contribution in [0.3, 0.4) is 0 Å². The van der Waals surface area contributed by atoms with Gasteiger partial charge in [0.15, 0.2) is 17.2 Å². The number of benzene rings is 1. The minimum atomic E-state index is -1.83. The molecule has 1 unspecified atom stereocenters. The van der Waals surface area contributed by atoms with Gasteiger partial charge in [0.1, 0.15) is 0 Å². The lowest BCUT2D eigenvalue weighted by Crippen LogP contribution is -2.39. The molecule has 0 spiro atoms. The first-order valence-electron chi connectivity index (χ1n) is 10.1. The molecule has 1 aromatic heterocycles. The Kier molecular flexibility index (Phi) is 5.54. The number of alkyl halides is 1. The average molecular weight is 398 g/mol. The molecule has 4 rings (SSSR count). The lowest BCUT2D eigenvalue weighted by Gasteiger charge is -2.34. The molecule has 6 heteroatoms. The van der Waals surface area contributed by atoms with Crippen molar-refractivity contribution in [2.45, 2.75) is 37.9 Å². The summed E-state index contributed by atoms with van der Waals surface area (Å²) in [6, 6.07) is 9.29. The van der Waals surface area contributed by atoms with Crippen LogP contribution in [0.15, 0.2) is 36.5 Å².